The molecule has 4 aromatic carbocycles. The van der Waals surface area contributed by atoms with E-state index in [-0.39, 0.29) is 40.5 Å². The minimum absolute atomic E-state index is 0.00154. The maximum atomic E-state index is 14.5. The summed E-state index contributed by atoms with van der Waals surface area (Å²) in [6.45, 7) is 3.16. The minimum Gasteiger partial charge on any atom is -0.495 e. The van der Waals surface area contributed by atoms with Gasteiger partial charge in [-0.1, -0.05) is 88.2 Å². The molecule has 0 unspecified atom stereocenters. The van der Waals surface area contributed by atoms with Crippen LogP contribution in [-0.2, 0) is 32.6 Å². The summed E-state index contributed by atoms with van der Waals surface area (Å²) in [7, 11) is -2.79. The standard InChI is InChI=1S/C34H35BrClN3O5S/c1-24(2)37-34(41)31(20-25-11-6-4-7-12-25)38(22-26-13-10-14-27(35)19-26)33(40)23-39(28-17-18-32(44-3)30(36)21-28)45(42,43)29-15-8-5-9-16-29/h4-19,21,24,31H,20,22-23H2,1-3H3,(H,37,41)/t31-/m1/s1. The van der Waals surface area contributed by atoms with E-state index in [9.17, 15) is 18.0 Å². The van der Waals surface area contributed by atoms with E-state index in [0.29, 0.717) is 5.75 Å². The third kappa shape index (κ3) is 8.87. The quantitative estimate of drug-likeness (QED) is 0.172. The Bertz CT molecular complexity index is 1720. The van der Waals surface area contributed by atoms with E-state index in [2.05, 4.69) is 21.2 Å². The number of hydrogen-bond acceptors (Lipinski definition) is 5. The van der Waals surface area contributed by atoms with Gasteiger partial charge in [0.25, 0.3) is 10.0 Å². The summed E-state index contributed by atoms with van der Waals surface area (Å²) in [4.78, 5) is 29.7. The number of ether oxygens (including phenoxy) is 1. The highest BCUT2D eigenvalue weighted by Gasteiger charge is 2.35. The zero-order chi connectivity index (χ0) is 32.6. The van der Waals surface area contributed by atoms with E-state index in [0.717, 1.165) is 19.9 Å². The molecule has 0 aliphatic carbocycles. The molecule has 11 heteroatoms. The highest BCUT2D eigenvalue weighted by Crippen LogP contribution is 2.32. The van der Waals surface area contributed by atoms with Crippen molar-refractivity contribution in [3.63, 3.8) is 0 Å². The molecule has 4 rings (SSSR count). The van der Waals surface area contributed by atoms with E-state index < -0.39 is 28.5 Å². The molecule has 0 radical (unpaired) electrons. The molecule has 0 fully saturated rings. The maximum absolute atomic E-state index is 14.5. The highest BCUT2D eigenvalue weighted by atomic mass is 79.9. The average molecular weight is 713 g/mol. The van der Waals surface area contributed by atoms with Crippen molar-refractivity contribution in [1.82, 2.24) is 10.2 Å². The van der Waals surface area contributed by atoms with E-state index in [1.54, 1.807) is 24.3 Å². The van der Waals surface area contributed by atoms with Crippen LogP contribution in [-0.4, -0.2) is 50.9 Å². The lowest BCUT2D eigenvalue weighted by Crippen LogP contribution is -2.54. The van der Waals surface area contributed by atoms with Gasteiger partial charge in [0.15, 0.2) is 0 Å². The summed E-state index contributed by atoms with van der Waals surface area (Å²) in [6.07, 6.45) is 0.221. The van der Waals surface area contributed by atoms with Crippen LogP contribution >= 0.6 is 27.5 Å². The van der Waals surface area contributed by atoms with Gasteiger partial charge in [-0.3, -0.25) is 13.9 Å². The molecule has 8 nitrogen and oxygen atoms in total. The van der Waals surface area contributed by atoms with Crippen LogP contribution in [0.3, 0.4) is 0 Å². The SMILES string of the molecule is COc1ccc(N(CC(=O)N(Cc2cccc(Br)c2)[C@H](Cc2ccccc2)C(=O)NC(C)C)S(=O)(=O)c2ccccc2)cc1Cl. The molecule has 0 aliphatic rings. The molecule has 0 aliphatic heterocycles. The highest BCUT2D eigenvalue weighted by molar-refractivity contribution is 9.10. The first-order valence-corrected chi connectivity index (χ1v) is 16.9. The monoisotopic (exact) mass is 711 g/mol. The Morgan fingerprint density at radius 1 is 0.889 bits per heavy atom. The van der Waals surface area contributed by atoms with Gasteiger partial charge in [-0.15, -0.1) is 0 Å². The Morgan fingerprint density at radius 2 is 1.53 bits per heavy atom. The minimum atomic E-state index is -4.24. The fourth-order valence-corrected chi connectivity index (χ4v) is 6.95. The lowest BCUT2D eigenvalue weighted by atomic mass is 10.0. The van der Waals surface area contributed by atoms with E-state index in [1.807, 2.05) is 68.4 Å². The number of benzene rings is 4. The molecule has 1 atom stereocenters. The molecule has 0 aromatic heterocycles. The number of amides is 2. The van der Waals surface area contributed by atoms with Gasteiger partial charge in [-0.2, -0.15) is 0 Å². The van der Waals surface area contributed by atoms with Gasteiger partial charge in [0.2, 0.25) is 11.8 Å². The van der Waals surface area contributed by atoms with Crippen molar-refractivity contribution in [2.24, 2.45) is 0 Å². The van der Waals surface area contributed by atoms with E-state index in [1.165, 1.54) is 36.3 Å². The number of anilines is 1. The van der Waals surface area contributed by atoms with Crippen LogP contribution < -0.4 is 14.4 Å². The fraction of sp³-hybridized carbons (Fsp3) is 0.235. The maximum Gasteiger partial charge on any atom is 0.264 e. The second-order valence-corrected chi connectivity index (χ2v) is 13.8. The van der Waals surface area contributed by atoms with Crippen LogP contribution in [0.2, 0.25) is 5.02 Å². The number of methoxy groups -OCH3 is 1. The molecule has 45 heavy (non-hydrogen) atoms. The number of nitrogens with zero attached hydrogens (tertiary/aromatic N) is 2. The van der Waals surface area contributed by atoms with Gasteiger partial charge in [-0.25, -0.2) is 8.42 Å². The lowest BCUT2D eigenvalue weighted by molar-refractivity contribution is -0.140. The Labute approximate surface area is 278 Å². The first-order chi connectivity index (χ1) is 21.5. The van der Waals surface area contributed by atoms with Gasteiger partial charge in [0.1, 0.15) is 18.3 Å². The van der Waals surface area contributed by atoms with Crippen LogP contribution in [0.25, 0.3) is 0 Å². The molecular weight excluding hydrogens is 678 g/mol. The van der Waals surface area contributed by atoms with Crippen LogP contribution in [0.4, 0.5) is 5.69 Å². The topological polar surface area (TPSA) is 96.0 Å². The molecule has 0 spiro atoms. The van der Waals surface area contributed by atoms with Crippen LogP contribution in [0.1, 0.15) is 25.0 Å². The van der Waals surface area contributed by atoms with E-state index >= 15 is 0 Å². The van der Waals surface area contributed by atoms with Crippen molar-refractivity contribution in [3.8, 4) is 5.75 Å². The number of halogens is 2. The largest absolute Gasteiger partial charge is 0.495 e. The van der Waals surface area contributed by atoms with Crippen LogP contribution in [0, 0.1) is 0 Å². The number of rotatable bonds is 13. The molecule has 2 amide bonds. The summed E-state index contributed by atoms with van der Waals surface area (Å²) in [5.41, 5.74) is 1.79. The van der Waals surface area contributed by atoms with Crippen LogP contribution in [0.15, 0.2) is 112 Å². The summed E-state index contributed by atoms with van der Waals surface area (Å²) in [5.74, 6) is -0.559. The zero-order valence-corrected chi connectivity index (χ0v) is 28.3. The third-order valence-corrected chi connectivity index (χ3v) is 9.55. The number of hydrogen-bond donors (Lipinski definition) is 1. The summed E-state index contributed by atoms with van der Waals surface area (Å²) >= 11 is 9.91. The molecule has 236 valence electrons. The number of carbonyl (C=O) groups is 2. The Hall–Kier alpha value is -3.86. The molecular formula is C34H35BrClN3O5S. The van der Waals surface area contributed by atoms with Crippen molar-refractivity contribution in [2.75, 3.05) is 18.0 Å². The summed E-state index contributed by atoms with van der Waals surface area (Å²) in [5, 5.41) is 3.13. The molecule has 0 bridgehead atoms. The van der Waals surface area contributed by atoms with Crippen molar-refractivity contribution < 1.29 is 22.7 Å². The van der Waals surface area contributed by atoms with Crippen molar-refractivity contribution in [3.05, 3.63) is 124 Å². The molecule has 0 saturated carbocycles. The van der Waals surface area contributed by atoms with Crippen molar-refractivity contribution in [1.29, 1.82) is 0 Å². The van der Waals surface area contributed by atoms with Crippen LogP contribution in [0.5, 0.6) is 5.75 Å². The van der Waals surface area contributed by atoms with Gasteiger partial charge < -0.3 is 15.0 Å². The van der Waals surface area contributed by atoms with Crippen molar-refractivity contribution in [2.45, 2.75) is 43.8 Å². The number of sulfonamides is 1. The van der Waals surface area contributed by atoms with Gasteiger partial charge in [0, 0.05) is 23.5 Å². The van der Waals surface area contributed by atoms with Gasteiger partial charge in [-0.05, 0) is 67.4 Å². The molecule has 1 N–H and O–H groups in total. The fourth-order valence-electron chi connectivity index (χ4n) is 4.83. The lowest BCUT2D eigenvalue weighted by Gasteiger charge is -2.34. The molecule has 4 aromatic rings. The van der Waals surface area contributed by atoms with Crippen molar-refractivity contribution >= 4 is 55.1 Å². The van der Waals surface area contributed by atoms with Gasteiger partial charge >= 0.3 is 0 Å². The Morgan fingerprint density at radius 3 is 2.13 bits per heavy atom. The first kappa shape index (κ1) is 34.0. The Kier molecular flexibility index (Phi) is 11.7. The molecule has 0 heterocycles. The molecule has 0 saturated heterocycles. The normalized spacial score (nSPS) is 12.0. The summed E-state index contributed by atoms with van der Waals surface area (Å²) < 4.78 is 35.3. The second kappa shape index (κ2) is 15.4. The predicted octanol–water partition coefficient (Wildman–Crippen LogP) is 6.47. The smallest absolute Gasteiger partial charge is 0.264 e. The average Bonchev–Trinajstić information content (AvgIpc) is 3.02. The number of nitrogens with one attached hydrogen (secondary N) is 1. The predicted molar refractivity (Wildman–Crippen MR) is 181 cm³/mol. The Balaban J connectivity index is 1.82. The zero-order valence-electron chi connectivity index (χ0n) is 25.2. The van der Waals surface area contributed by atoms with E-state index in [4.69, 9.17) is 16.3 Å². The first-order valence-electron chi connectivity index (χ1n) is 14.3. The third-order valence-electron chi connectivity index (χ3n) is 6.98. The summed E-state index contributed by atoms with van der Waals surface area (Å²) in [6, 6.07) is 28.1. The number of carbonyl (C=O) groups excluding carboxylic acids is 2. The van der Waals surface area contributed by atoms with Gasteiger partial charge in [0.05, 0.1) is 22.7 Å². The second-order valence-electron chi connectivity index (χ2n) is 10.7.